The Morgan fingerprint density at radius 2 is 2.08 bits per heavy atom. The predicted molar refractivity (Wildman–Crippen MR) is 53.2 cm³/mol. The highest BCUT2D eigenvalue weighted by Crippen LogP contribution is 2.06. The first-order chi connectivity index (χ1) is 6.24. The van der Waals surface area contributed by atoms with Gasteiger partial charge in [0, 0.05) is 18.8 Å². The van der Waals surface area contributed by atoms with Crippen molar-refractivity contribution < 1.29 is 4.79 Å². The molecule has 0 unspecified atom stereocenters. The molecule has 2 nitrogen and oxygen atoms in total. The van der Waals surface area contributed by atoms with E-state index >= 15 is 0 Å². The lowest BCUT2D eigenvalue weighted by Gasteiger charge is -1.96. The third kappa shape index (κ3) is 2.82. The molecule has 0 aliphatic carbocycles. The largest absolute Gasteiger partial charge is 0.295 e. The molecule has 0 saturated heterocycles. The molecule has 1 heterocycles. The highest BCUT2D eigenvalue weighted by Gasteiger charge is 1.99. The van der Waals surface area contributed by atoms with Crippen LogP contribution < -0.4 is 0 Å². The van der Waals surface area contributed by atoms with Gasteiger partial charge in [-0.1, -0.05) is 6.92 Å². The summed E-state index contributed by atoms with van der Waals surface area (Å²) >= 11 is 0. The fourth-order valence-electron chi connectivity index (χ4n) is 1.07. The van der Waals surface area contributed by atoms with Crippen molar-refractivity contribution in [3.8, 4) is 0 Å². The molecule has 0 amide bonds. The number of nitrogens with zero attached hydrogens (tertiary/aromatic N) is 1. The van der Waals surface area contributed by atoms with Gasteiger partial charge in [0.1, 0.15) is 0 Å². The third-order valence-corrected chi connectivity index (χ3v) is 1.85. The van der Waals surface area contributed by atoms with Gasteiger partial charge in [0.05, 0.1) is 0 Å². The zero-order valence-corrected chi connectivity index (χ0v) is 7.95. The molecule has 0 N–H and O–H groups in total. The van der Waals surface area contributed by atoms with Crippen LogP contribution in [0.2, 0.25) is 0 Å². The van der Waals surface area contributed by atoms with Crippen molar-refractivity contribution in [3.63, 3.8) is 0 Å². The van der Waals surface area contributed by atoms with Crippen LogP contribution in [-0.2, 0) is 4.79 Å². The predicted octanol–water partition coefficient (Wildman–Crippen LogP) is 2.46. The van der Waals surface area contributed by atoms with Crippen molar-refractivity contribution in [2.24, 2.45) is 0 Å². The van der Waals surface area contributed by atoms with Crippen molar-refractivity contribution in [2.75, 3.05) is 0 Å². The van der Waals surface area contributed by atoms with Gasteiger partial charge in [-0.3, -0.25) is 9.78 Å². The molecule has 1 aromatic heterocycles. The molecule has 13 heavy (non-hydrogen) atoms. The summed E-state index contributed by atoms with van der Waals surface area (Å²) in [6.07, 6.45) is 5.88. The highest BCUT2D eigenvalue weighted by molar-refractivity contribution is 5.98. The number of Topliss-reactive ketones (excluding diaryl/α,β-unsaturated/α-hetero) is 1. The van der Waals surface area contributed by atoms with Gasteiger partial charge < -0.3 is 0 Å². The molecule has 68 valence electrons. The van der Waals surface area contributed by atoms with Crippen LogP contribution in [-0.4, -0.2) is 10.8 Å². The fourth-order valence-corrected chi connectivity index (χ4v) is 1.07. The Morgan fingerprint density at radius 3 is 2.62 bits per heavy atom. The SMILES string of the molecule is CCC(=O)C(C)=Cc1ccncc1. The minimum atomic E-state index is 0.191. The first kappa shape index (κ1) is 9.65. The topological polar surface area (TPSA) is 30.0 Å². The molecule has 2 heteroatoms. The van der Waals surface area contributed by atoms with Gasteiger partial charge in [-0.05, 0) is 36.3 Å². The summed E-state index contributed by atoms with van der Waals surface area (Å²) in [7, 11) is 0. The Bertz CT molecular complexity index is 314. The molecule has 0 aliphatic rings. The van der Waals surface area contributed by atoms with E-state index in [4.69, 9.17) is 0 Å². The van der Waals surface area contributed by atoms with Crippen molar-refractivity contribution in [3.05, 3.63) is 35.7 Å². The molecule has 0 aliphatic heterocycles. The molecule has 1 rings (SSSR count). The number of carbonyl (C=O) groups is 1. The number of carbonyl (C=O) groups excluding carboxylic acids is 1. The summed E-state index contributed by atoms with van der Waals surface area (Å²) in [6, 6.07) is 3.76. The minimum Gasteiger partial charge on any atom is -0.295 e. The average Bonchev–Trinajstić information content (AvgIpc) is 2.18. The van der Waals surface area contributed by atoms with E-state index < -0.39 is 0 Å². The van der Waals surface area contributed by atoms with Gasteiger partial charge in [-0.15, -0.1) is 0 Å². The maximum atomic E-state index is 11.2. The van der Waals surface area contributed by atoms with E-state index in [2.05, 4.69) is 4.98 Å². The molecule has 1 aromatic rings. The Morgan fingerprint density at radius 1 is 1.46 bits per heavy atom. The molecule has 0 fully saturated rings. The van der Waals surface area contributed by atoms with Crippen LogP contribution in [0.5, 0.6) is 0 Å². The smallest absolute Gasteiger partial charge is 0.158 e. The fraction of sp³-hybridized carbons (Fsp3) is 0.273. The molecule has 0 aromatic carbocycles. The normalized spacial score (nSPS) is 11.4. The van der Waals surface area contributed by atoms with Gasteiger partial charge in [-0.25, -0.2) is 0 Å². The molecule has 0 bridgehead atoms. The van der Waals surface area contributed by atoms with Gasteiger partial charge >= 0.3 is 0 Å². The number of allylic oxidation sites excluding steroid dienone is 1. The van der Waals surface area contributed by atoms with E-state index in [0.29, 0.717) is 6.42 Å². The maximum Gasteiger partial charge on any atom is 0.158 e. The second-order valence-electron chi connectivity index (χ2n) is 2.88. The van der Waals surface area contributed by atoms with E-state index in [9.17, 15) is 4.79 Å². The maximum absolute atomic E-state index is 11.2. The van der Waals surface area contributed by atoms with Crippen LogP contribution in [0.4, 0.5) is 0 Å². The van der Waals surface area contributed by atoms with E-state index in [0.717, 1.165) is 11.1 Å². The van der Waals surface area contributed by atoms with Crippen LogP contribution in [0.1, 0.15) is 25.8 Å². The van der Waals surface area contributed by atoms with Crippen LogP contribution in [0, 0.1) is 0 Å². The van der Waals surface area contributed by atoms with Crippen molar-refractivity contribution in [1.29, 1.82) is 0 Å². The molecular formula is C11H13NO. The highest BCUT2D eigenvalue weighted by atomic mass is 16.1. The van der Waals surface area contributed by atoms with Gasteiger partial charge in [0.2, 0.25) is 0 Å². The van der Waals surface area contributed by atoms with Crippen molar-refractivity contribution in [2.45, 2.75) is 20.3 Å². The summed E-state index contributed by atoms with van der Waals surface area (Å²) in [4.78, 5) is 15.1. The van der Waals surface area contributed by atoms with E-state index in [1.807, 2.05) is 32.1 Å². The van der Waals surface area contributed by atoms with Gasteiger partial charge in [-0.2, -0.15) is 0 Å². The first-order valence-electron chi connectivity index (χ1n) is 4.35. The minimum absolute atomic E-state index is 0.191. The Balaban J connectivity index is 2.83. The molecule has 0 saturated carbocycles. The lowest BCUT2D eigenvalue weighted by Crippen LogP contribution is -1.95. The zero-order valence-electron chi connectivity index (χ0n) is 7.95. The van der Waals surface area contributed by atoms with E-state index in [-0.39, 0.29) is 5.78 Å². The second kappa shape index (κ2) is 4.55. The third-order valence-electron chi connectivity index (χ3n) is 1.85. The van der Waals surface area contributed by atoms with Crippen LogP contribution in [0.3, 0.4) is 0 Å². The average molecular weight is 175 g/mol. The Labute approximate surface area is 78.3 Å². The Hall–Kier alpha value is -1.44. The molecular weight excluding hydrogens is 162 g/mol. The monoisotopic (exact) mass is 175 g/mol. The quantitative estimate of drug-likeness (QED) is 0.660. The molecule has 0 atom stereocenters. The summed E-state index contributed by atoms with van der Waals surface area (Å²) < 4.78 is 0. The molecule has 0 spiro atoms. The lowest BCUT2D eigenvalue weighted by molar-refractivity contribution is -0.115. The van der Waals surface area contributed by atoms with Crippen LogP contribution in [0.15, 0.2) is 30.1 Å². The second-order valence-corrected chi connectivity index (χ2v) is 2.88. The number of pyridine rings is 1. The first-order valence-corrected chi connectivity index (χ1v) is 4.35. The number of hydrogen-bond acceptors (Lipinski definition) is 2. The van der Waals surface area contributed by atoms with Gasteiger partial charge in [0.25, 0.3) is 0 Å². The lowest BCUT2D eigenvalue weighted by atomic mass is 10.1. The van der Waals surface area contributed by atoms with Crippen molar-refractivity contribution >= 4 is 11.9 Å². The van der Waals surface area contributed by atoms with Crippen molar-refractivity contribution in [1.82, 2.24) is 4.98 Å². The summed E-state index contributed by atoms with van der Waals surface area (Å²) in [5, 5.41) is 0. The van der Waals surface area contributed by atoms with E-state index in [1.165, 1.54) is 0 Å². The number of ketones is 1. The standard InChI is InChI=1S/C11H13NO/c1-3-11(13)9(2)8-10-4-6-12-7-5-10/h4-8H,3H2,1-2H3. The zero-order chi connectivity index (χ0) is 9.68. The Kier molecular flexibility index (Phi) is 3.38. The molecule has 0 radical (unpaired) electrons. The van der Waals surface area contributed by atoms with Crippen LogP contribution in [0.25, 0.3) is 6.08 Å². The van der Waals surface area contributed by atoms with Crippen LogP contribution >= 0.6 is 0 Å². The number of aromatic nitrogens is 1. The summed E-state index contributed by atoms with van der Waals surface area (Å²) in [6.45, 7) is 3.71. The van der Waals surface area contributed by atoms with Gasteiger partial charge in [0.15, 0.2) is 5.78 Å². The number of hydrogen-bond donors (Lipinski definition) is 0. The number of rotatable bonds is 3. The summed E-state index contributed by atoms with van der Waals surface area (Å²) in [5.41, 5.74) is 1.82. The summed E-state index contributed by atoms with van der Waals surface area (Å²) in [5.74, 6) is 0.191. The van der Waals surface area contributed by atoms with E-state index in [1.54, 1.807) is 12.4 Å².